The fraction of sp³-hybridized carbons (Fsp3) is 0.273. The van der Waals surface area contributed by atoms with Gasteiger partial charge in [-0.15, -0.1) is 0 Å². The molecule has 3 rings (SSSR count). The van der Waals surface area contributed by atoms with E-state index in [4.69, 9.17) is 16.3 Å². The van der Waals surface area contributed by atoms with Gasteiger partial charge in [-0.2, -0.15) is 0 Å². The van der Waals surface area contributed by atoms with E-state index in [1.807, 2.05) is 26.0 Å². The number of ether oxygens (including phenoxy) is 1. The van der Waals surface area contributed by atoms with E-state index in [1.54, 1.807) is 24.3 Å². The molecule has 31 heavy (non-hydrogen) atoms. The number of hydrogen-bond acceptors (Lipinski definition) is 5. The van der Waals surface area contributed by atoms with Crippen LogP contribution >= 0.6 is 11.6 Å². The first-order valence-electron chi connectivity index (χ1n) is 9.64. The second-order valence-electron chi connectivity index (χ2n) is 7.28. The zero-order valence-electron chi connectivity index (χ0n) is 17.1. The quantitative estimate of drug-likeness (QED) is 0.668. The highest BCUT2D eigenvalue weighted by Crippen LogP contribution is 2.20. The number of halogens is 1. The summed E-state index contributed by atoms with van der Waals surface area (Å²) < 4.78 is 5.06. The summed E-state index contributed by atoms with van der Waals surface area (Å²) >= 11 is 5.99. The smallest absolute Gasteiger partial charge is 0.311 e. The molecular formula is C22H22ClN3O5. The molecule has 0 bridgehead atoms. The van der Waals surface area contributed by atoms with E-state index in [9.17, 15) is 19.2 Å². The summed E-state index contributed by atoms with van der Waals surface area (Å²) in [4.78, 5) is 48.8. The molecule has 9 heteroatoms. The predicted octanol–water partition coefficient (Wildman–Crippen LogP) is 2.63. The SMILES string of the molecule is Cc1ccc(NC(=O)COC(=O)[C@@H]2CC(=O)N(NC(=O)c3ccccc3Cl)C2)cc1C. The number of amides is 3. The summed E-state index contributed by atoms with van der Waals surface area (Å²) in [6.07, 6.45) is -0.125. The third-order valence-electron chi connectivity index (χ3n) is 4.95. The number of hydrazine groups is 1. The highest BCUT2D eigenvalue weighted by atomic mass is 35.5. The van der Waals surface area contributed by atoms with Gasteiger partial charge in [0.05, 0.1) is 23.0 Å². The van der Waals surface area contributed by atoms with Gasteiger partial charge in [0.25, 0.3) is 11.8 Å². The van der Waals surface area contributed by atoms with Crippen LogP contribution in [0.1, 0.15) is 27.9 Å². The number of carbonyl (C=O) groups is 4. The highest BCUT2D eigenvalue weighted by molar-refractivity contribution is 6.33. The van der Waals surface area contributed by atoms with E-state index >= 15 is 0 Å². The Hall–Kier alpha value is -3.39. The average molecular weight is 444 g/mol. The van der Waals surface area contributed by atoms with Crippen LogP contribution in [0.2, 0.25) is 5.02 Å². The summed E-state index contributed by atoms with van der Waals surface area (Å²) in [5, 5.41) is 3.97. The average Bonchev–Trinajstić information content (AvgIpc) is 3.09. The maximum atomic E-state index is 12.3. The standard InChI is InChI=1S/C22H22ClN3O5/c1-13-7-8-16(9-14(13)2)24-19(27)12-31-22(30)15-10-20(28)26(11-15)25-21(29)17-5-3-4-6-18(17)23/h3-9,15H,10-12H2,1-2H3,(H,24,27)(H,25,29)/t15-/m1/s1. The fourth-order valence-corrected chi connectivity index (χ4v) is 3.29. The Bertz CT molecular complexity index is 1040. The Morgan fingerprint density at radius 1 is 1.13 bits per heavy atom. The van der Waals surface area contributed by atoms with E-state index in [0.717, 1.165) is 16.1 Å². The zero-order valence-corrected chi connectivity index (χ0v) is 17.9. The molecular weight excluding hydrogens is 422 g/mol. The van der Waals surface area contributed by atoms with Crippen LogP contribution in [0.4, 0.5) is 5.69 Å². The molecule has 3 amide bonds. The Morgan fingerprint density at radius 2 is 1.87 bits per heavy atom. The number of rotatable bonds is 6. The van der Waals surface area contributed by atoms with E-state index in [-0.39, 0.29) is 23.6 Å². The van der Waals surface area contributed by atoms with E-state index in [2.05, 4.69) is 10.7 Å². The van der Waals surface area contributed by atoms with Crippen molar-refractivity contribution in [3.05, 3.63) is 64.2 Å². The van der Waals surface area contributed by atoms with Gasteiger partial charge < -0.3 is 10.1 Å². The number of hydrogen-bond donors (Lipinski definition) is 2. The van der Waals surface area contributed by atoms with E-state index < -0.39 is 36.2 Å². The third-order valence-corrected chi connectivity index (χ3v) is 5.28. The molecule has 162 valence electrons. The minimum absolute atomic E-state index is 0.0490. The van der Waals surface area contributed by atoms with Crippen molar-refractivity contribution in [1.82, 2.24) is 10.4 Å². The Kier molecular flexibility index (Phi) is 6.91. The van der Waals surface area contributed by atoms with Gasteiger partial charge in [0.15, 0.2) is 6.61 Å². The number of carbonyl (C=O) groups excluding carboxylic acids is 4. The lowest BCUT2D eigenvalue weighted by Gasteiger charge is -2.18. The van der Waals surface area contributed by atoms with Gasteiger partial charge in [-0.1, -0.05) is 29.8 Å². The molecule has 1 aliphatic rings. The van der Waals surface area contributed by atoms with E-state index in [1.165, 1.54) is 6.07 Å². The van der Waals surface area contributed by atoms with Gasteiger partial charge in [-0.3, -0.25) is 29.6 Å². The van der Waals surface area contributed by atoms with Crippen molar-refractivity contribution in [3.63, 3.8) is 0 Å². The normalized spacial score (nSPS) is 15.5. The number of anilines is 1. The summed E-state index contributed by atoms with van der Waals surface area (Å²) in [6.45, 7) is 3.37. The lowest BCUT2D eigenvalue weighted by molar-refractivity contribution is -0.151. The molecule has 8 nitrogen and oxygen atoms in total. The Labute approximate surface area is 184 Å². The van der Waals surface area contributed by atoms with Gasteiger partial charge in [-0.25, -0.2) is 0 Å². The van der Waals surface area contributed by atoms with Crippen LogP contribution in [0.3, 0.4) is 0 Å². The molecule has 2 N–H and O–H groups in total. The van der Waals surface area contributed by atoms with Crippen molar-refractivity contribution < 1.29 is 23.9 Å². The number of nitrogens with one attached hydrogen (secondary N) is 2. The van der Waals surface area contributed by atoms with Crippen molar-refractivity contribution in [2.45, 2.75) is 20.3 Å². The van der Waals surface area contributed by atoms with Gasteiger partial charge >= 0.3 is 5.97 Å². The van der Waals surface area contributed by atoms with Crippen LogP contribution in [0.15, 0.2) is 42.5 Å². The lowest BCUT2D eigenvalue weighted by atomic mass is 10.1. The largest absolute Gasteiger partial charge is 0.455 e. The number of aryl methyl sites for hydroxylation is 2. The number of benzene rings is 2. The summed E-state index contributed by atoms with van der Waals surface area (Å²) in [5.74, 6) is -2.93. The molecule has 2 aromatic rings. The van der Waals surface area contributed by atoms with E-state index in [0.29, 0.717) is 5.69 Å². The molecule has 1 atom stereocenters. The molecule has 0 unspecified atom stereocenters. The predicted molar refractivity (Wildman–Crippen MR) is 114 cm³/mol. The second-order valence-corrected chi connectivity index (χ2v) is 7.69. The molecule has 2 aromatic carbocycles. The minimum Gasteiger partial charge on any atom is -0.455 e. The van der Waals surface area contributed by atoms with Gasteiger partial charge in [-0.05, 0) is 49.2 Å². The van der Waals surface area contributed by atoms with Crippen LogP contribution in [-0.2, 0) is 19.1 Å². The molecule has 0 spiro atoms. The third kappa shape index (κ3) is 5.61. The van der Waals surface area contributed by atoms with Crippen LogP contribution in [0.5, 0.6) is 0 Å². The topological polar surface area (TPSA) is 105 Å². The van der Waals surface area contributed by atoms with Crippen molar-refractivity contribution in [3.8, 4) is 0 Å². The molecule has 1 heterocycles. The maximum Gasteiger partial charge on any atom is 0.311 e. The summed E-state index contributed by atoms with van der Waals surface area (Å²) in [6, 6.07) is 11.9. The fourth-order valence-electron chi connectivity index (χ4n) is 3.07. The second kappa shape index (κ2) is 9.61. The number of esters is 1. The summed E-state index contributed by atoms with van der Waals surface area (Å²) in [5.41, 5.74) is 5.40. The molecule has 0 radical (unpaired) electrons. The lowest BCUT2D eigenvalue weighted by Crippen LogP contribution is -2.43. The van der Waals surface area contributed by atoms with Gasteiger partial charge in [0, 0.05) is 12.1 Å². The van der Waals surface area contributed by atoms with Crippen molar-refractivity contribution in [1.29, 1.82) is 0 Å². The van der Waals surface area contributed by atoms with Crippen LogP contribution in [0.25, 0.3) is 0 Å². The first kappa shape index (κ1) is 22.3. The maximum absolute atomic E-state index is 12.3. The molecule has 1 saturated heterocycles. The molecule has 0 aliphatic carbocycles. The van der Waals surface area contributed by atoms with Gasteiger partial charge in [0.1, 0.15) is 0 Å². The zero-order chi connectivity index (χ0) is 22.5. The minimum atomic E-state index is -0.784. The molecule has 1 aliphatic heterocycles. The first-order valence-corrected chi connectivity index (χ1v) is 10.0. The summed E-state index contributed by atoms with van der Waals surface area (Å²) in [7, 11) is 0. The highest BCUT2D eigenvalue weighted by Gasteiger charge is 2.36. The molecule has 1 fully saturated rings. The van der Waals surface area contributed by atoms with Crippen LogP contribution in [0, 0.1) is 19.8 Å². The first-order chi connectivity index (χ1) is 14.7. The van der Waals surface area contributed by atoms with Crippen molar-refractivity contribution in [2.75, 3.05) is 18.5 Å². The van der Waals surface area contributed by atoms with Crippen LogP contribution in [-0.4, -0.2) is 41.9 Å². The Balaban J connectivity index is 1.49. The van der Waals surface area contributed by atoms with Crippen molar-refractivity contribution >= 4 is 41.0 Å². The van der Waals surface area contributed by atoms with Crippen LogP contribution < -0.4 is 10.7 Å². The Morgan fingerprint density at radius 3 is 2.58 bits per heavy atom. The number of nitrogens with zero attached hydrogens (tertiary/aromatic N) is 1. The molecule has 0 aromatic heterocycles. The molecule has 0 saturated carbocycles. The monoisotopic (exact) mass is 443 g/mol. The van der Waals surface area contributed by atoms with Gasteiger partial charge in [0.2, 0.25) is 5.91 Å². The van der Waals surface area contributed by atoms with Crippen molar-refractivity contribution in [2.24, 2.45) is 5.92 Å².